The van der Waals surface area contributed by atoms with Crippen LogP contribution in [0.25, 0.3) is 0 Å². The lowest BCUT2D eigenvalue weighted by Crippen LogP contribution is -2.35. The van der Waals surface area contributed by atoms with Crippen LogP contribution in [0.3, 0.4) is 0 Å². The second-order valence-electron chi connectivity index (χ2n) is 3.36. The first kappa shape index (κ1) is 12.3. The molecular weight excluding hydrogens is 172 g/mol. The molecule has 1 atom stereocenters. The third-order valence-electron chi connectivity index (χ3n) is 1.75. The molecule has 0 fully saturated rings. The van der Waals surface area contributed by atoms with Crippen molar-refractivity contribution in [1.29, 1.82) is 0 Å². The third-order valence-corrected chi connectivity index (χ3v) is 1.75. The Kier molecular flexibility index (Phi) is 5.50. The van der Waals surface area contributed by atoms with E-state index in [9.17, 15) is 9.59 Å². The average Bonchev–Trinajstić information content (AvgIpc) is 2.12. The summed E-state index contributed by atoms with van der Waals surface area (Å²) in [5, 5.41) is 0. The quantitative estimate of drug-likeness (QED) is 0.430. The Balaban J connectivity index is 4.02. The van der Waals surface area contributed by atoms with Gasteiger partial charge in [0.05, 0.1) is 18.6 Å². The van der Waals surface area contributed by atoms with Crippen molar-refractivity contribution in [3.63, 3.8) is 0 Å². The van der Waals surface area contributed by atoms with E-state index in [1.807, 2.05) is 0 Å². The standard InChI is InChI=1S/C9H16O4/c1-9(2,7-11)8(6-10)13-5-4-12-3/h6-8H,4-5H2,1-3H3. The highest BCUT2D eigenvalue weighted by atomic mass is 16.5. The lowest BCUT2D eigenvalue weighted by Gasteiger charge is -2.24. The van der Waals surface area contributed by atoms with Crippen molar-refractivity contribution in [2.45, 2.75) is 20.0 Å². The molecule has 0 heterocycles. The van der Waals surface area contributed by atoms with Crippen LogP contribution in [0.2, 0.25) is 0 Å². The summed E-state index contributed by atoms with van der Waals surface area (Å²) in [7, 11) is 1.55. The van der Waals surface area contributed by atoms with E-state index in [4.69, 9.17) is 9.47 Å². The summed E-state index contributed by atoms with van der Waals surface area (Å²) in [6, 6.07) is 0. The van der Waals surface area contributed by atoms with Crippen molar-refractivity contribution in [2.24, 2.45) is 5.41 Å². The Labute approximate surface area is 78.2 Å². The average molecular weight is 188 g/mol. The molecule has 0 aromatic rings. The van der Waals surface area contributed by atoms with Gasteiger partial charge in [-0.1, -0.05) is 13.8 Å². The monoisotopic (exact) mass is 188 g/mol. The zero-order chi connectivity index (χ0) is 10.3. The van der Waals surface area contributed by atoms with Crippen LogP contribution in [0, 0.1) is 5.41 Å². The van der Waals surface area contributed by atoms with Crippen LogP contribution in [-0.2, 0) is 19.1 Å². The summed E-state index contributed by atoms with van der Waals surface area (Å²) in [5.41, 5.74) is -0.768. The molecule has 4 heteroatoms. The predicted octanol–water partition coefficient (Wildman–Crippen LogP) is 0.442. The van der Waals surface area contributed by atoms with E-state index in [0.717, 1.165) is 6.29 Å². The molecule has 0 spiro atoms. The van der Waals surface area contributed by atoms with E-state index in [1.54, 1.807) is 21.0 Å². The number of methoxy groups -OCH3 is 1. The molecule has 0 radical (unpaired) electrons. The first-order valence-corrected chi connectivity index (χ1v) is 4.10. The van der Waals surface area contributed by atoms with Crippen LogP contribution in [0.15, 0.2) is 0 Å². The van der Waals surface area contributed by atoms with Gasteiger partial charge in [-0.15, -0.1) is 0 Å². The minimum atomic E-state index is -0.768. The van der Waals surface area contributed by atoms with E-state index >= 15 is 0 Å². The summed E-state index contributed by atoms with van der Waals surface area (Å²) in [6.45, 7) is 4.05. The molecule has 0 aliphatic carbocycles. The van der Waals surface area contributed by atoms with Gasteiger partial charge in [0.15, 0.2) is 0 Å². The Morgan fingerprint density at radius 3 is 2.31 bits per heavy atom. The van der Waals surface area contributed by atoms with Crippen molar-refractivity contribution in [3.05, 3.63) is 0 Å². The van der Waals surface area contributed by atoms with Gasteiger partial charge in [-0.25, -0.2) is 0 Å². The van der Waals surface area contributed by atoms with Crippen molar-refractivity contribution in [2.75, 3.05) is 20.3 Å². The fourth-order valence-corrected chi connectivity index (χ4v) is 0.755. The minimum Gasteiger partial charge on any atom is -0.382 e. The Morgan fingerprint density at radius 1 is 1.31 bits per heavy atom. The second kappa shape index (κ2) is 5.83. The zero-order valence-corrected chi connectivity index (χ0v) is 8.28. The highest BCUT2D eigenvalue weighted by Crippen LogP contribution is 2.18. The number of aldehydes is 2. The van der Waals surface area contributed by atoms with E-state index in [1.165, 1.54) is 0 Å². The second-order valence-corrected chi connectivity index (χ2v) is 3.36. The molecule has 76 valence electrons. The summed E-state index contributed by atoms with van der Waals surface area (Å²) in [4.78, 5) is 21.2. The first-order chi connectivity index (χ1) is 6.08. The van der Waals surface area contributed by atoms with Crippen LogP contribution in [-0.4, -0.2) is 39.0 Å². The molecule has 1 unspecified atom stereocenters. The van der Waals surface area contributed by atoms with Gasteiger partial charge in [-0.3, -0.25) is 0 Å². The molecule has 0 amide bonds. The number of hydrogen-bond acceptors (Lipinski definition) is 4. The van der Waals surface area contributed by atoms with E-state index in [2.05, 4.69) is 0 Å². The molecule has 0 rings (SSSR count). The predicted molar refractivity (Wildman–Crippen MR) is 47.5 cm³/mol. The fraction of sp³-hybridized carbons (Fsp3) is 0.778. The zero-order valence-electron chi connectivity index (χ0n) is 8.28. The number of hydrogen-bond donors (Lipinski definition) is 0. The van der Waals surface area contributed by atoms with Crippen molar-refractivity contribution < 1.29 is 19.1 Å². The molecule has 0 aromatic carbocycles. The molecule has 0 N–H and O–H groups in total. The lowest BCUT2D eigenvalue weighted by molar-refractivity contribution is -0.135. The van der Waals surface area contributed by atoms with Crippen molar-refractivity contribution in [1.82, 2.24) is 0 Å². The number of carbonyl (C=O) groups excluding carboxylic acids is 2. The van der Waals surface area contributed by atoms with Crippen LogP contribution in [0.1, 0.15) is 13.8 Å². The maximum atomic E-state index is 10.6. The van der Waals surface area contributed by atoms with E-state index in [-0.39, 0.29) is 0 Å². The molecule has 13 heavy (non-hydrogen) atoms. The maximum Gasteiger partial charge on any atom is 0.149 e. The summed E-state index contributed by atoms with van der Waals surface area (Å²) < 4.78 is 9.92. The Hall–Kier alpha value is -0.740. The van der Waals surface area contributed by atoms with Gasteiger partial charge in [0.1, 0.15) is 18.7 Å². The van der Waals surface area contributed by atoms with Gasteiger partial charge < -0.3 is 19.1 Å². The van der Waals surface area contributed by atoms with Crippen molar-refractivity contribution >= 4 is 12.6 Å². The van der Waals surface area contributed by atoms with Gasteiger partial charge in [-0.2, -0.15) is 0 Å². The van der Waals surface area contributed by atoms with Gasteiger partial charge in [0.25, 0.3) is 0 Å². The fourth-order valence-electron chi connectivity index (χ4n) is 0.755. The van der Waals surface area contributed by atoms with Gasteiger partial charge in [-0.05, 0) is 0 Å². The highest BCUT2D eigenvalue weighted by Gasteiger charge is 2.29. The topological polar surface area (TPSA) is 52.6 Å². The molecule has 0 saturated heterocycles. The molecule has 0 aliphatic rings. The third kappa shape index (κ3) is 4.15. The van der Waals surface area contributed by atoms with E-state index in [0.29, 0.717) is 19.5 Å². The van der Waals surface area contributed by atoms with Crippen LogP contribution in [0.5, 0.6) is 0 Å². The van der Waals surface area contributed by atoms with Gasteiger partial charge in [0, 0.05) is 7.11 Å². The molecule has 4 nitrogen and oxygen atoms in total. The molecule has 0 aliphatic heterocycles. The molecular formula is C9H16O4. The lowest BCUT2D eigenvalue weighted by atomic mass is 9.89. The minimum absolute atomic E-state index is 0.317. The Morgan fingerprint density at radius 2 is 1.92 bits per heavy atom. The number of ether oxygens (including phenoxy) is 2. The summed E-state index contributed by atoms with van der Waals surface area (Å²) >= 11 is 0. The number of carbonyl (C=O) groups is 2. The normalized spacial score (nSPS) is 13.8. The molecule has 0 aromatic heterocycles. The van der Waals surface area contributed by atoms with E-state index < -0.39 is 11.5 Å². The van der Waals surface area contributed by atoms with Crippen molar-refractivity contribution in [3.8, 4) is 0 Å². The maximum absolute atomic E-state index is 10.6. The smallest absolute Gasteiger partial charge is 0.149 e. The largest absolute Gasteiger partial charge is 0.382 e. The molecule has 0 saturated carbocycles. The molecule has 0 bridgehead atoms. The van der Waals surface area contributed by atoms with Crippen LogP contribution in [0.4, 0.5) is 0 Å². The van der Waals surface area contributed by atoms with Crippen LogP contribution >= 0.6 is 0 Å². The first-order valence-electron chi connectivity index (χ1n) is 4.10. The highest BCUT2D eigenvalue weighted by molar-refractivity contribution is 5.69. The van der Waals surface area contributed by atoms with Crippen LogP contribution < -0.4 is 0 Å². The number of rotatable bonds is 7. The summed E-state index contributed by atoms with van der Waals surface area (Å²) in [6.07, 6.45) is 0.670. The SMILES string of the molecule is COCCOC(C=O)C(C)(C)C=O. The van der Waals surface area contributed by atoms with Gasteiger partial charge >= 0.3 is 0 Å². The Bertz CT molecular complexity index is 165. The summed E-state index contributed by atoms with van der Waals surface area (Å²) in [5.74, 6) is 0. The van der Waals surface area contributed by atoms with Gasteiger partial charge in [0.2, 0.25) is 0 Å².